The van der Waals surface area contributed by atoms with Crippen LogP contribution in [0.4, 0.5) is 0 Å². The fourth-order valence-corrected chi connectivity index (χ4v) is 4.52. The smallest absolute Gasteiger partial charge is 0.295 e. The number of ketones is 1. The van der Waals surface area contributed by atoms with Crippen LogP contribution >= 0.6 is 11.6 Å². The number of hydrogen-bond donors (Lipinski definition) is 1. The number of likely N-dealkylation sites (tertiary alicyclic amines) is 1. The molecule has 1 N–H and O–H groups in total. The summed E-state index contributed by atoms with van der Waals surface area (Å²) in [6, 6.07) is 7.39. The van der Waals surface area contributed by atoms with Gasteiger partial charge in [-0.3, -0.25) is 14.5 Å². The average molecular weight is 475 g/mol. The summed E-state index contributed by atoms with van der Waals surface area (Å²) >= 11 is 6.22. The Morgan fingerprint density at radius 2 is 1.94 bits per heavy atom. The first-order valence-electron chi connectivity index (χ1n) is 10.9. The molecule has 0 saturated carbocycles. The number of carbonyl (C=O) groups excluding carboxylic acids is 2. The first kappa shape index (κ1) is 23.4. The molecule has 2 aliphatic heterocycles. The molecule has 1 aromatic carbocycles. The molecule has 8 nitrogen and oxygen atoms in total. The Morgan fingerprint density at radius 3 is 2.58 bits per heavy atom. The molecule has 2 aliphatic rings. The summed E-state index contributed by atoms with van der Waals surface area (Å²) in [5.41, 5.74) is 0.308. The molecule has 33 heavy (non-hydrogen) atoms. The molecule has 0 bridgehead atoms. The summed E-state index contributed by atoms with van der Waals surface area (Å²) in [4.78, 5) is 29.8. The number of nitrogens with zero attached hydrogens (tertiary/aromatic N) is 2. The Hall–Kier alpha value is -2.81. The normalized spacial score (nSPS) is 21.1. The fraction of sp³-hybridized carbons (Fsp3) is 0.417. The van der Waals surface area contributed by atoms with Crippen LogP contribution in [0.15, 0.2) is 40.3 Å². The van der Waals surface area contributed by atoms with Crippen LogP contribution in [0.5, 0.6) is 5.75 Å². The molecule has 0 spiro atoms. The molecule has 1 aromatic heterocycles. The van der Waals surface area contributed by atoms with Crippen LogP contribution in [-0.2, 0) is 14.3 Å². The number of Topliss-reactive ketones (excluding diaryl/α,β-unsaturated/α-hetero) is 1. The Morgan fingerprint density at radius 1 is 1.18 bits per heavy atom. The molecule has 2 saturated heterocycles. The number of amides is 1. The number of morpholine rings is 1. The quantitative estimate of drug-likeness (QED) is 0.373. The van der Waals surface area contributed by atoms with Gasteiger partial charge in [0.15, 0.2) is 0 Å². The SMILES string of the molecule is COc1ccc(/C(O)=C2\C(=O)C(=O)N(CCCN3CCOCC3)C2c2ccc(C)o2)cc1Cl. The van der Waals surface area contributed by atoms with Gasteiger partial charge in [0.25, 0.3) is 11.7 Å². The van der Waals surface area contributed by atoms with Crippen molar-refractivity contribution in [3.05, 3.63) is 58.0 Å². The first-order valence-corrected chi connectivity index (χ1v) is 11.3. The number of ether oxygens (including phenoxy) is 2. The molecule has 2 aromatic rings. The molecule has 0 radical (unpaired) electrons. The van der Waals surface area contributed by atoms with Crippen molar-refractivity contribution >= 4 is 29.1 Å². The van der Waals surface area contributed by atoms with Crippen molar-refractivity contribution < 1.29 is 28.6 Å². The molecule has 2 fully saturated rings. The molecule has 1 unspecified atom stereocenters. The maximum atomic E-state index is 13.1. The van der Waals surface area contributed by atoms with Crippen LogP contribution in [0.2, 0.25) is 5.02 Å². The van der Waals surface area contributed by atoms with Gasteiger partial charge in [-0.2, -0.15) is 0 Å². The lowest BCUT2D eigenvalue weighted by Crippen LogP contribution is -2.38. The zero-order valence-corrected chi connectivity index (χ0v) is 19.4. The van der Waals surface area contributed by atoms with E-state index in [0.29, 0.717) is 49.0 Å². The van der Waals surface area contributed by atoms with Gasteiger partial charge in [-0.05, 0) is 43.7 Å². The van der Waals surface area contributed by atoms with Crippen molar-refractivity contribution in [2.45, 2.75) is 19.4 Å². The number of halogens is 1. The topological polar surface area (TPSA) is 92.5 Å². The number of benzene rings is 1. The van der Waals surface area contributed by atoms with Gasteiger partial charge in [0.1, 0.15) is 29.1 Å². The second kappa shape index (κ2) is 9.99. The van der Waals surface area contributed by atoms with E-state index in [1.165, 1.54) is 18.1 Å². The predicted octanol–water partition coefficient (Wildman–Crippen LogP) is 3.39. The summed E-state index contributed by atoms with van der Waals surface area (Å²) < 4.78 is 16.3. The molecular weight excluding hydrogens is 448 g/mol. The van der Waals surface area contributed by atoms with E-state index in [0.717, 1.165) is 19.6 Å². The molecule has 1 amide bonds. The standard InChI is InChI=1S/C24H27ClN2O6/c1-15-4-6-19(33-15)21-20(22(28)16-5-7-18(31-2)17(25)14-16)23(29)24(30)27(21)9-3-8-26-10-12-32-13-11-26/h4-7,14,21,28H,3,8-13H2,1-2H3/b22-20+. The number of rotatable bonds is 7. The van der Waals surface area contributed by atoms with E-state index in [1.807, 2.05) is 0 Å². The average Bonchev–Trinajstić information content (AvgIpc) is 3.35. The Kier molecular flexibility index (Phi) is 7.07. The molecule has 0 aliphatic carbocycles. The van der Waals surface area contributed by atoms with E-state index >= 15 is 0 Å². The Labute approximate surface area is 197 Å². The molecule has 3 heterocycles. The highest BCUT2D eigenvalue weighted by atomic mass is 35.5. The third-order valence-electron chi connectivity index (χ3n) is 5.97. The van der Waals surface area contributed by atoms with Crippen molar-refractivity contribution in [1.82, 2.24) is 9.80 Å². The van der Waals surface area contributed by atoms with Crippen LogP contribution in [0.3, 0.4) is 0 Å². The minimum absolute atomic E-state index is 0.0121. The van der Waals surface area contributed by atoms with Crippen LogP contribution in [0.1, 0.15) is 29.5 Å². The molecule has 176 valence electrons. The highest BCUT2D eigenvalue weighted by Gasteiger charge is 2.47. The molecule has 1 atom stereocenters. The predicted molar refractivity (Wildman–Crippen MR) is 122 cm³/mol. The number of aryl methyl sites for hydroxylation is 1. The van der Waals surface area contributed by atoms with Crippen LogP contribution in [-0.4, -0.2) is 73.1 Å². The molecular formula is C24H27ClN2O6. The highest BCUT2D eigenvalue weighted by Crippen LogP contribution is 2.40. The second-order valence-corrected chi connectivity index (χ2v) is 8.50. The lowest BCUT2D eigenvalue weighted by molar-refractivity contribution is -0.140. The van der Waals surface area contributed by atoms with Gasteiger partial charge in [0, 0.05) is 31.7 Å². The van der Waals surface area contributed by atoms with Crippen molar-refractivity contribution in [3.63, 3.8) is 0 Å². The van der Waals surface area contributed by atoms with Crippen molar-refractivity contribution in [1.29, 1.82) is 0 Å². The first-order chi connectivity index (χ1) is 15.9. The fourth-order valence-electron chi connectivity index (χ4n) is 4.27. The summed E-state index contributed by atoms with van der Waals surface area (Å²) in [6.07, 6.45) is 0.678. The van der Waals surface area contributed by atoms with Crippen molar-refractivity contribution in [2.75, 3.05) is 46.5 Å². The van der Waals surface area contributed by atoms with Gasteiger partial charge in [0.2, 0.25) is 0 Å². The van der Waals surface area contributed by atoms with Gasteiger partial charge in [-0.1, -0.05) is 11.6 Å². The summed E-state index contributed by atoms with van der Waals surface area (Å²) in [5.74, 6) is -0.180. The van der Waals surface area contributed by atoms with E-state index in [9.17, 15) is 14.7 Å². The van der Waals surface area contributed by atoms with E-state index in [4.69, 9.17) is 25.5 Å². The third-order valence-corrected chi connectivity index (χ3v) is 6.27. The maximum Gasteiger partial charge on any atom is 0.295 e. The summed E-state index contributed by atoms with van der Waals surface area (Å²) in [6.45, 7) is 6.01. The zero-order valence-electron chi connectivity index (χ0n) is 18.7. The van der Waals surface area contributed by atoms with Gasteiger partial charge in [-0.25, -0.2) is 0 Å². The third kappa shape index (κ3) is 4.78. The largest absolute Gasteiger partial charge is 0.507 e. The van der Waals surface area contributed by atoms with E-state index in [2.05, 4.69) is 4.90 Å². The number of furan rings is 1. The minimum Gasteiger partial charge on any atom is -0.507 e. The van der Waals surface area contributed by atoms with Crippen LogP contribution < -0.4 is 4.74 Å². The van der Waals surface area contributed by atoms with Crippen LogP contribution in [0.25, 0.3) is 5.76 Å². The van der Waals surface area contributed by atoms with E-state index in [1.54, 1.807) is 31.2 Å². The van der Waals surface area contributed by atoms with Gasteiger partial charge in [0.05, 0.1) is 30.9 Å². The number of carbonyl (C=O) groups is 2. The second-order valence-electron chi connectivity index (χ2n) is 8.10. The molecule has 9 heteroatoms. The number of methoxy groups -OCH3 is 1. The number of aliphatic hydroxyl groups excluding tert-OH is 1. The molecule has 4 rings (SSSR count). The van der Waals surface area contributed by atoms with Crippen molar-refractivity contribution in [3.8, 4) is 5.75 Å². The van der Waals surface area contributed by atoms with Crippen LogP contribution in [0, 0.1) is 6.92 Å². The van der Waals surface area contributed by atoms with E-state index < -0.39 is 17.7 Å². The summed E-state index contributed by atoms with van der Waals surface area (Å²) in [7, 11) is 1.49. The maximum absolute atomic E-state index is 13.1. The Bertz CT molecular complexity index is 1070. The van der Waals surface area contributed by atoms with Crippen molar-refractivity contribution in [2.24, 2.45) is 0 Å². The summed E-state index contributed by atoms with van der Waals surface area (Å²) in [5, 5.41) is 11.4. The highest BCUT2D eigenvalue weighted by molar-refractivity contribution is 6.46. The number of aliphatic hydroxyl groups is 1. The van der Waals surface area contributed by atoms with Gasteiger partial charge in [-0.15, -0.1) is 0 Å². The lowest BCUT2D eigenvalue weighted by atomic mass is 9.99. The van der Waals surface area contributed by atoms with Gasteiger partial charge < -0.3 is 23.9 Å². The monoisotopic (exact) mass is 474 g/mol. The van der Waals surface area contributed by atoms with Gasteiger partial charge >= 0.3 is 0 Å². The number of hydrogen-bond acceptors (Lipinski definition) is 7. The Balaban J connectivity index is 1.66. The lowest BCUT2D eigenvalue weighted by Gasteiger charge is -2.28. The minimum atomic E-state index is -0.815. The van der Waals surface area contributed by atoms with E-state index in [-0.39, 0.29) is 16.4 Å². The zero-order chi connectivity index (χ0) is 23.5.